The Morgan fingerprint density at radius 3 is 2.44 bits per heavy atom. The predicted molar refractivity (Wildman–Crippen MR) is 134 cm³/mol. The Balaban J connectivity index is 1.30. The third-order valence-corrected chi connectivity index (χ3v) is 6.01. The molecule has 1 saturated heterocycles. The number of hydrogen-bond acceptors (Lipinski definition) is 5. The van der Waals surface area contributed by atoms with Gasteiger partial charge in [0.1, 0.15) is 11.6 Å². The lowest BCUT2D eigenvalue weighted by atomic mass is 10.1. The van der Waals surface area contributed by atoms with Crippen molar-refractivity contribution < 1.29 is 9.18 Å². The normalized spacial score (nSPS) is 13.3. The topological polar surface area (TPSA) is 70.2 Å². The molecule has 0 radical (unpaired) electrons. The van der Waals surface area contributed by atoms with E-state index in [4.69, 9.17) is 9.97 Å². The third-order valence-electron chi connectivity index (χ3n) is 6.01. The minimum atomic E-state index is -0.368. The second-order valence-corrected chi connectivity index (χ2v) is 8.60. The molecule has 0 bridgehead atoms. The molecule has 0 spiro atoms. The fourth-order valence-electron chi connectivity index (χ4n) is 4.12. The number of carbonyl (C=O) groups excluding carboxylic acids is 1. The minimum Gasteiger partial charge on any atom is -0.365 e. The summed E-state index contributed by atoms with van der Waals surface area (Å²) in [4.78, 5) is 24.2. The number of rotatable bonds is 6. The molecule has 1 aliphatic rings. The van der Waals surface area contributed by atoms with Crippen LogP contribution in [0.15, 0.2) is 66.7 Å². The standard InChI is InChI=1S/C27H26FN5O/c1-18-4-13-24-23(16-18)25(32-27(31-24)33-14-2-3-15-33)29-17-19-5-11-22(12-6-19)30-26(34)20-7-9-21(28)10-8-20/h4-13,16H,2-3,14-15,17H2,1H3,(H,30,34)(H,29,31,32). The molecule has 3 aromatic carbocycles. The lowest BCUT2D eigenvalue weighted by molar-refractivity contribution is 0.102. The minimum absolute atomic E-state index is 0.275. The fourth-order valence-corrected chi connectivity index (χ4v) is 4.12. The van der Waals surface area contributed by atoms with Gasteiger partial charge in [-0.15, -0.1) is 0 Å². The monoisotopic (exact) mass is 455 g/mol. The second kappa shape index (κ2) is 9.47. The van der Waals surface area contributed by atoms with E-state index in [9.17, 15) is 9.18 Å². The van der Waals surface area contributed by atoms with Crippen molar-refractivity contribution in [3.05, 3.63) is 89.2 Å². The summed E-state index contributed by atoms with van der Waals surface area (Å²) in [6.45, 7) is 4.63. The first-order chi connectivity index (χ1) is 16.5. The van der Waals surface area contributed by atoms with Gasteiger partial charge in [0, 0.05) is 36.3 Å². The first-order valence-electron chi connectivity index (χ1n) is 11.5. The molecule has 0 saturated carbocycles. The number of aromatic nitrogens is 2. The number of anilines is 3. The van der Waals surface area contributed by atoms with E-state index in [-0.39, 0.29) is 11.7 Å². The average Bonchev–Trinajstić information content (AvgIpc) is 3.39. The van der Waals surface area contributed by atoms with Crippen molar-refractivity contribution in [3.63, 3.8) is 0 Å². The van der Waals surface area contributed by atoms with Gasteiger partial charge in [-0.2, -0.15) is 4.98 Å². The van der Waals surface area contributed by atoms with Gasteiger partial charge in [-0.25, -0.2) is 9.37 Å². The van der Waals surface area contributed by atoms with Gasteiger partial charge in [-0.05, 0) is 73.9 Å². The molecule has 34 heavy (non-hydrogen) atoms. The van der Waals surface area contributed by atoms with E-state index in [0.717, 1.165) is 46.9 Å². The Bertz CT molecular complexity index is 1320. The van der Waals surface area contributed by atoms with Gasteiger partial charge in [0.25, 0.3) is 5.91 Å². The summed E-state index contributed by atoms with van der Waals surface area (Å²) in [5, 5.41) is 7.33. The highest BCUT2D eigenvalue weighted by atomic mass is 19.1. The number of amides is 1. The van der Waals surface area contributed by atoms with Gasteiger partial charge < -0.3 is 15.5 Å². The van der Waals surface area contributed by atoms with Gasteiger partial charge in [-0.3, -0.25) is 4.79 Å². The summed E-state index contributed by atoms with van der Waals surface area (Å²) in [6.07, 6.45) is 2.34. The van der Waals surface area contributed by atoms with Crippen molar-refractivity contribution >= 4 is 34.3 Å². The van der Waals surface area contributed by atoms with Crippen LogP contribution in [0.4, 0.5) is 21.8 Å². The zero-order valence-corrected chi connectivity index (χ0v) is 19.0. The number of benzene rings is 3. The molecule has 172 valence electrons. The summed E-state index contributed by atoms with van der Waals surface area (Å²) < 4.78 is 13.1. The van der Waals surface area contributed by atoms with Crippen LogP contribution in [0.3, 0.4) is 0 Å². The summed E-state index contributed by atoms with van der Waals surface area (Å²) in [7, 11) is 0. The van der Waals surface area contributed by atoms with Crippen molar-refractivity contribution in [1.29, 1.82) is 0 Å². The maximum absolute atomic E-state index is 13.1. The van der Waals surface area contributed by atoms with Crippen molar-refractivity contribution in [3.8, 4) is 0 Å². The molecule has 2 heterocycles. The molecule has 1 aliphatic heterocycles. The molecule has 0 unspecified atom stereocenters. The van der Waals surface area contributed by atoms with Crippen molar-refractivity contribution in [1.82, 2.24) is 9.97 Å². The van der Waals surface area contributed by atoms with E-state index in [1.165, 1.54) is 37.1 Å². The Morgan fingerprint density at radius 1 is 0.971 bits per heavy atom. The van der Waals surface area contributed by atoms with E-state index >= 15 is 0 Å². The summed E-state index contributed by atoms with van der Waals surface area (Å²) in [6, 6.07) is 19.4. The first-order valence-corrected chi connectivity index (χ1v) is 11.5. The molecule has 2 N–H and O–H groups in total. The average molecular weight is 456 g/mol. The number of nitrogens with one attached hydrogen (secondary N) is 2. The molecule has 1 amide bonds. The quantitative estimate of drug-likeness (QED) is 0.399. The summed E-state index contributed by atoms with van der Waals surface area (Å²) >= 11 is 0. The number of nitrogens with zero attached hydrogens (tertiary/aromatic N) is 3. The molecular formula is C27H26FN5O. The zero-order valence-electron chi connectivity index (χ0n) is 19.0. The second-order valence-electron chi connectivity index (χ2n) is 8.60. The highest BCUT2D eigenvalue weighted by Gasteiger charge is 2.17. The molecule has 5 rings (SSSR count). The number of carbonyl (C=O) groups is 1. The molecule has 1 aromatic heterocycles. The fraction of sp³-hybridized carbons (Fsp3) is 0.222. The summed E-state index contributed by atoms with van der Waals surface area (Å²) in [5.41, 5.74) is 4.24. The molecule has 0 atom stereocenters. The summed E-state index contributed by atoms with van der Waals surface area (Å²) in [5.74, 6) is 0.954. The molecular weight excluding hydrogens is 429 g/mol. The Kier molecular flexibility index (Phi) is 6.08. The molecule has 6 nitrogen and oxygen atoms in total. The predicted octanol–water partition coefficient (Wildman–Crippen LogP) is 5.54. The zero-order chi connectivity index (χ0) is 23.5. The van der Waals surface area contributed by atoms with E-state index in [1.54, 1.807) is 0 Å². The molecule has 1 fully saturated rings. The van der Waals surface area contributed by atoms with Gasteiger partial charge >= 0.3 is 0 Å². The van der Waals surface area contributed by atoms with Crippen LogP contribution in [0.1, 0.15) is 34.3 Å². The third kappa shape index (κ3) is 4.83. The lowest BCUT2D eigenvalue weighted by Gasteiger charge is -2.18. The Hall–Kier alpha value is -4.00. The Morgan fingerprint density at radius 2 is 1.71 bits per heavy atom. The van der Waals surface area contributed by atoms with Crippen LogP contribution >= 0.6 is 0 Å². The van der Waals surface area contributed by atoms with Crippen molar-refractivity contribution in [2.75, 3.05) is 28.6 Å². The van der Waals surface area contributed by atoms with Crippen LogP contribution in [-0.2, 0) is 6.54 Å². The maximum Gasteiger partial charge on any atom is 0.255 e. The number of fused-ring (bicyclic) bond motifs is 1. The maximum atomic E-state index is 13.1. The molecule has 0 aliphatic carbocycles. The van der Waals surface area contributed by atoms with Crippen LogP contribution in [0.2, 0.25) is 0 Å². The van der Waals surface area contributed by atoms with Gasteiger partial charge in [0.05, 0.1) is 5.52 Å². The van der Waals surface area contributed by atoms with E-state index in [0.29, 0.717) is 17.8 Å². The van der Waals surface area contributed by atoms with Gasteiger partial charge in [0.2, 0.25) is 5.95 Å². The largest absolute Gasteiger partial charge is 0.365 e. The number of aryl methyl sites for hydroxylation is 1. The van der Waals surface area contributed by atoms with Crippen molar-refractivity contribution in [2.24, 2.45) is 0 Å². The lowest BCUT2D eigenvalue weighted by Crippen LogP contribution is -2.21. The van der Waals surface area contributed by atoms with Crippen LogP contribution in [0.5, 0.6) is 0 Å². The van der Waals surface area contributed by atoms with Crippen LogP contribution in [-0.4, -0.2) is 29.0 Å². The highest BCUT2D eigenvalue weighted by molar-refractivity contribution is 6.04. The SMILES string of the molecule is Cc1ccc2nc(N3CCCC3)nc(NCc3ccc(NC(=O)c4ccc(F)cc4)cc3)c2c1. The highest BCUT2D eigenvalue weighted by Crippen LogP contribution is 2.27. The van der Waals surface area contributed by atoms with E-state index in [1.807, 2.05) is 24.3 Å². The van der Waals surface area contributed by atoms with E-state index in [2.05, 4.69) is 40.7 Å². The molecule has 7 heteroatoms. The number of halogens is 1. The first kappa shape index (κ1) is 21.8. The van der Waals surface area contributed by atoms with Crippen molar-refractivity contribution in [2.45, 2.75) is 26.3 Å². The van der Waals surface area contributed by atoms with Crippen LogP contribution in [0.25, 0.3) is 10.9 Å². The van der Waals surface area contributed by atoms with Crippen LogP contribution < -0.4 is 15.5 Å². The van der Waals surface area contributed by atoms with Gasteiger partial charge in [0.15, 0.2) is 0 Å². The van der Waals surface area contributed by atoms with Crippen LogP contribution in [0, 0.1) is 12.7 Å². The smallest absolute Gasteiger partial charge is 0.255 e. The number of hydrogen-bond donors (Lipinski definition) is 2. The Labute approximate surface area is 197 Å². The molecule has 4 aromatic rings. The van der Waals surface area contributed by atoms with E-state index < -0.39 is 0 Å². The van der Waals surface area contributed by atoms with Gasteiger partial charge in [-0.1, -0.05) is 23.8 Å².